The smallest absolute Gasteiger partial charge is 0.0425 e. The number of nitrogens with zero attached hydrogens (tertiary/aromatic N) is 1. The summed E-state index contributed by atoms with van der Waals surface area (Å²) >= 11 is 3.55. The zero-order valence-electron chi connectivity index (χ0n) is 11.0. The molecule has 2 nitrogen and oxygen atoms in total. The molecule has 3 heteroatoms. The van der Waals surface area contributed by atoms with Crippen LogP contribution < -0.4 is 10.6 Å². The van der Waals surface area contributed by atoms with Gasteiger partial charge in [-0.15, -0.1) is 0 Å². The van der Waals surface area contributed by atoms with E-state index in [9.17, 15) is 0 Å². The molecule has 0 fully saturated rings. The Hall–Kier alpha value is -0.540. The molecule has 0 aromatic heterocycles. The lowest BCUT2D eigenvalue weighted by atomic mass is 10.1. The van der Waals surface area contributed by atoms with Crippen molar-refractivity contribution in [1.29, 1.82) is 0 Å². The summed E-state index contributed by atoms with van der Waals surface area (Å²) in [5.74, 6) is 0. The van der Waals surface area contributed by atoms with Gasteiger partial charge < -0.3 is 10.6 Å². The Morgan fingerprint density at radius 3 is 2.29 bits per heavy atom. The Bertz CT molecular complexity index is 344. The molecule has 0 aliphatic carbocycles. The average molecular weight is 299 g/mol. The van der Waals surface area contributed by atoms with Crippen molar-refractivity contribution in [2.45, 2.75) is 39.7 Å². The monoisotopic (exact) mass is 298 g/mol. The molecule has 1 unspecified atom stereocenters. The van der Waals surface area contributed by atoms with Gasteiger partial charge in [0.1, 0.15) is 0 Å². The van der Waals surface area contributed by atoms with Gasteiger partial charge >= 0.3 is 0 Å². The summed E-state index contributed by atoms with van der Waals surface area (Å²) < 4.78 is 1.12. The van der Waals surface area contributed by atoms with E-state index < -0.39 is 0 Å². The summed E-state index contributed by atoms with van der Waals surface area (Å²) in [5, 5.41) is 0. The van der Waals surface area contributed by atoms with Gasteiger partial charge in [-0.25, -0.2) is 0 Å². The summed E-state index contributed by atoms with van der Waals surface area (Å²) in [6, 6.07) is 6.46. The second-order valence-electron chi connectivity index (χ2n) is 4.48. The Morgan fingerprint density at radius 2 is 1.82 bits per heavy atom. The highest BCUT2D eigenvalue weighted by molar-refractivity contribution is 9.10. The van der Waals surface area contributed by atoms with Crippen LogP contribution in [0.5, 0.6) is 0 Å². The van der Waals surface area contributed by atoms with Crippen LogP contribution >= 0.6 is 15.9 Å². The average Bonchev–Trinajstić information content (AvgIpc) is 2.28. The summed E-state index contributed by atoms with van der Waals surface area (Å²) in [7, 11) is 0. The molecule has 2 N–H and O–H groups in total. The molecule has 0 bridgehead atoms. The van der Waals surface area contributed by atoms with E-state index in [0.717, 1.165) is 30.4 Å². The molecule has 0 heterocycles. The van der Waals surface area contributed by atoms with E-state index in [1.54, 1.807) is 0 Å². The molecule has 1 aromatic rings. The molecule has 1 aromatic carbocycles. The molecule has 0 aliphatic heterocycles. The summed E-state index contributed by atoms with van der Waals surface area (Å²) in [6.45, 7) is 8.65. The SMILES string of the molecule is CCCN(CCC)c1cc(Br)ccc1C(C)N. The zero-order valence-corrected chi connectivity index (χ0v) is 12.6. The number of halogens is 1. The van der Waals surface area contributed by atoms with Crippen molar-refractivity contribution < 1.29 is 0 Å². The highest BCUT2D eigenvalue weighted by atomic mass is 79.9. The first kappa shape index (κ1) is 14.5. The van der Waals surface area contributed by atoms with Crippen LogP contribution in [0.15, 0.2) is 22.7 Å². The first-order valence-electron chi connectivity index (χ1n) is 6.40. The quantitative estimate of drug-likeness (QED) is 0.857. The number of anilines is 1. The normalized spacial score (nSPS) is 12.5. The van der Waals surface area contributed by atoms with Gasteiger partial charge in [0.25, 0.3) is 0 Å². The Labute approximate surface area is 113 Å². The minimum atomic E-state index is 0.0781. The molecule has 1 atom stereocenters. The van der Waals surface area contributed by atoms with Gasteiger partial charge in [0, 0.05) is 29.3 Å². The van der Waals surface area contributed by atoms with Crippen LogP contribution in [0.25, 0.3) is 0 Å². The molecular weight excluding hydrogens is 276 g/mol. The van der Waals surface area contributed by atoms with E-state index in [1.807, 2.05) is 6.92 Å². The van der Waals surface area contributed by atoms with Crippen LogP contribution in [0.2, 0.25) is 0 Å². The van der Waals surface area contributed by atoms with Crippen LogP contribution in [0, 0.1) is 0 Å². The summed E-state index contributed by atoms with van der Waals surface area (Å²) in [6.07, 6.45) is 2.32. The standard InChI is InChI=1S/C14H23BrN2/c1-4-8-17(9-5-2)14-10-12(15)6-7-13(14)11(3)16/h6-7,10-11H,4-5,8-9,16H2,1-3H3. The van der Waals surface area contributed by atoms with Crippen molar-refractivity contribution >= 4 is 21.6 Å². The minimum absolute atomic E-state index is 0.0781. The Balaban J connectivity index is 3.09. The number of benzene rings is 1. The highest BCUT2D eigenvalue weighted by Gasteiger charge is 2.13. The van der Waals surface area contributed by atoms with E-state index in [-0.39, 0.29) is 6.04 Å². The molecule has 0 aliphatic rings. The topological polar surface area (TPSA) is 29.3 Å². The molecule has 0 radical (unpaired) electrons. The van der Waals surface area contributed by atoms with Crippen molar-refractivity contribution in [3.63, 3.8) is 0 Å². The predicted molar refractivity (Wildman–Crippen MR) is 79.5 cm³/mol. The van der Waals surface area contributed by atoms with Gasteiger partial charge in [0.2, 0.25) is 0 Å². The van der Waals surface area contributed by atoms with Crippen LogP contribution in [0.4, 0.5) is 5.69 Å². The van der Waals surface area contributed by atoms with Crippen molar-refractivity contribution in [3.8, 4) is 0 Å². The lowest BCUT2D eigenvalue weighted by molar-refractivity contribution is 0.727. The molecule has 0 saturated carbocycles. The van der Waals surface area contributed by atoms with E-state index in [4.69, 9.17) is 5.73 Å². The predicted octanol–water partition coefficient (Wildman–Crippen LogP) is 4.10. The van der Waals surface area contributed by atoms with E-state index in [0.29, 0.717) is 0 Å². The summed E-state index contributed by atoms with van der Waals surface area (Å²) in [5.41, 5.74) is 8.56. The molecular formula is C14H23BrN2. The first-order valence-corrected chi connectivity index (χ1v) is 7.19. The third-order valence-corrected chi connectivity index (χ3v) is 3.30. The molecule has 1 rings (SSSR count). The lowest BCUT2D eigenvalue weighted by Crippen LogP contribution is -2.27. The first-order chi connectivity index (χ1) is 8.10. The van der Waals surface area contributed by atoms with Crippen LogP contribution in [-0.4, -0.2) is 13.1 Å². The Morgan fingerprint density at radius 1 is 1.24 bits per heavy atom. The number of hydrogen-bond acceptors (Lipinski definition) is 2. The number of nitrogens with two attached hydrogens (primary N) is 1. The van der Waals surface area contributed by atoms with Gasteiger partial charge in [-0.05, 0) is 37.5 Å². The third-order valence-electron chi connectivity index (χ3n) is 2.81. The molecule has 17 heavy (non-hydrogen) atoms. The van der Waals surface area contributed by atoms with Crippen LogP contribution in [0.3, 0.4) is 0 Å². The maximum atomic E-state index is 6.05. The van der Waals surface area contributed by atoms with E-state index >= 15 is 0 Å². The highest BCUT2D eigenvalue weighted by Crippen LogP contribution is 2.29. The van der Waals surface area contributed by atoms with Gasteiger partial charge in [-0.1, -0.05) is 35.8 Å². The number of hydrogen-bond donors (Lipinski definition) is 1. The van der Waals surface area contributed by atoms with Gasteiger partial charge in [-0.2, -0.15) is 0 Å². The fraction of sp³-hybridized carbons (Fsp3) is 0.571. The van der Waals surface area contributed by atoms with E-state index in [1.165, 1.54) is 11.3 Å². The van der Waals surface area contributed by atoms with E-state index in [2.05, 4.69) is 52.9 Å². The zero-order chi connectivity index (χ0) is 12.8. The van der Waals surface area contributed by atoms with Crippen LogP contribution in [0.1, 0.15) is 45.2 Å². The van der Waals surface area contributed by atoms with Crippen molar-refractivity contribution in [1.82, 2.24) is 0 Å². The minimum Gasteiger partial charge on any atom is -0.371 e. The number of rotatable bonds is 6. The summed E-state index contributed by atoms with van der Waals surface area (Å²) in [4.78, 5) is 2.43. The van der Waals surface area contributed by atoms with Crippen molar-refractivity contribution in [3.05, 3.63) is 28.2 Å². The fourth-order valence-corrected chi connectivity index (χ4v) is 2.42. The second kappa shape index (κ2) is 7.02. The molecule has 96 valence electrons. The van der Waals surface area contributed by atoms with Crippen LogP contribution in [-0.2, 0) is 0 Å². The molecule has 0 saturated heterocycles. The largest absolute Gasteiger partial charge is 0.371 e. The van der Waals surface area contributed by atoms with Gasteiger partial charge in [-0.3, -0.25) is 0 Å². The fourth-order valence-electron chi connectivity index (χ4n) is 2.07. The van der Waals surface area contributed by atoms with Gasteiger partial charge in [0.15, 0.2) is 0 Å². The lowest BCUT2D eigenvalue weighted by Gasteiger charge is -2.27. The van der Waals surface area contributed by atoms with Crippen molar-refractivity contribution in [2.24, 2.45) is 5.73 Å². The Kier molecular flexibility index (Phi) is 6.00. The second-order valence-corrected chi connectivity index (χ2v) is 5.39. The van der Waals surface area contributed by atoms with Gasteiger partial charge in [0.05, 0.1) is 0 Å². The molecule has 0 spiro atoms. The maximum Gasteiger partial charge on any atom is 0.0425 e. The van der Waals surface area contributed by atoms with Crippen molar-refractivity contribution in [2.75, 3.05) is 18.0 Å². The molecule has 0 amide bonds. The maximum absolute atomic E-state index is 6.05. The third kappa shape index (κ3) is 4.00.